The Kier molecular flexibility index (Phi) is 3.19. The highest BCUT2D eigenvalue weighted by atomic mass is 32.2. The first-order valence-electron chi connectivity index (χ1n) is 5.45. The number of hydrogen-bond acceptors (Lipinski definition) is 4. The van der Waals surface area contributed by atoms with Gasteiger partial charge in [-0.25, -0.2) is 8.42 Å². The van der Waals surface area contributed by atoms with Gasteiger partial charge in [-0.05, 0) is 19.4 Å². The van der Waals surface area contributed by atoms with Gasteiger partial charge in [-0.3, -0.25) is 9.89 Å². The van der Waals surface area contributed by atoms with Crippen molar-refractivity contribution in [2.45, 2.75) is 25.8 Å². The van der Waals surface area contributed by atoms with Crippen LogP contribution in [0.1, 0.15) is 17.8 Å². The maximum atomic E-state index is 11.6. The molecule has 1 aliphatic rings. The number of hydrogen-bond donors (Lipinski definition) is 2. The number of aryl methyl sites for hydroxylation is 1. The lowest BCUT2D eigenvalue weighted by atomic mass is 10.2. The summed E-state index contributed by atoms with van der Waals surface area (Å²) in [5.74, 6) is 0.0382. The molecule has 0 aromatic carbocycles. The third-order valence-electron chi connectivity index (χ3n) is 2.70. The molecular formula is C10H15N3O3S. The molecule has 1 unspecified atom stereocenters. The van der Waals surface area contributed by atoms with Crippen molar-refractivity contribution >= 4 is 15.7 Å². The summed E-state index contributed by atoms with van der Waals surface area (Å²) in [4.78, 5) is 11.6. The summed E-state index contributed by atoms with van der Waals surface area (Å²) in [7, 11) is -2.95. The molecule has 0 saturated carbocycles. The lowest BCUT2D eigenvalue weighted by Crippen LogP contribution is -2.36. The predicted molar refractivity (Wildman–Crippen MR) is 62.2 cm³/mol. The zero-order chi connectivity index (χ0) is 12.5. The van der Waals surface area contributed by atoms with Crippen LogP contribution in [-0.4, -0.2) is 42.1 Å². The summed E-state index contributed by atoms with van der Waals surface area (Å²) in [6.45, 7) is 1.86. The quantitative estimate of drug-likeness (QED) is 0.768. The first-order valence-corrected chi connectivity index (χ1v) is 7.27. The first-order chi connectivity index (χ1) is 7.94. The second-order valence-corrected chi connectivity index (χ2v) is 6.62. The van der Waals surface area contributed by atoms with E-state index in [1.54, 1.807) is 6.07 Å². The largest absolute Gasteiger partial charge is 0.352 e. The monoisotopic (exact) mass is 257 g/mol. The SMILES string of the molecule is Cc1cc(CC(=O)NC2CCS(=O)(=O)C2)n[nH]1. The minimum atomic E-state index is -2.95. The summed E-state index contributed by atoms with van der Waals surface area (Å²) in [5.41, 5.74) is 1.57. The Balaban J connectivity index is 1.86. The summed E-state index contributed by atoms with van der Waals surface area (Å²) < 4.78 is 22.4. The molecule has 0 radical (unpaired) electrons. The van der Waals surface area contributed by atoms with Crippen molar-refractivity contribution in [3.63, 3.8) is 0 Å². The number of carbonyl (C=O) groups excluding carboxylic acids is 1. The number of nitrogens with one attached hydrogen (secondary N) is 2. The average molecular weight is 257 g/mol. The van der Waals surface area contributed by atoms with Gasteiger partial charge in [0, 0.05) is 11.7 Å². The molecule has 1 aromatic heterocycles. The van der Waals surface area contributed by atoms with Crippen molar-refractivity contribution in [3.05, 3.63) is 17.5 Å². The van der Waals surface area contributed by atoms with Gasteiger partial charge in [0.1, 0.15) is 0 Å². The van der Waals surface area contributed by atoms with E-state index in [0.29, 0.717) is 12.1 Å². The molecule has 2 rings (SSSR count). The minimum absolute atomic E-state index is 0.0539. The predicted octanol–water partition coefficient (Wildman–Crippen LogP) is -0.436. The van der Waals surface area contributed by atoms with Crippen molar-refractivity contribution in [2.24, 2.45) is 0 Å². The van der Waals surface area contributed by atoms with Crippen LogP contribution < -0.4 is 5.32 Å². The molecule has 1 aromatic rings. The smallest absolute Gasteiger partial charge is 0.226 e. The highest BCUT2D eigenvalue weighted by molar-refractivity contribution is 7.91. The molecule has 1 aliphatic heterocycles. The first kappa shape index (κ1) is 12.1. The Bertz CT molecular complexity index is 521. The van der Waals surface area contributed by atoms with E-state index in [0.717, 1.165) is 5.69 Å². The summed E-state index contributed by atoms with van der Waals surface area (Å²) in [6.07, 6.45) is 0.689. The van der Waals surface area contributed by atoms with Crippen molar-refractivity contribution < 1.29 is 13.2 Å². The van der Waals surface area contributed by atoms with E-state index < -0.39 is 9.84 Å². The highest BCUT2D eigenvalue weighted by Gasteiger charge is 2.28. The topological polar surface area (TPSA) is 91.9 Å². The molecule has 2 heterocycles. The number of sulfone groups is 1. The second kappa shape index (κ2) is 4.48. The van der Waals surface area contributed by atoms with Gasteiger partial charge < -0.3 is 5.32 Å². The number of H-pyrrole nitrogens is 1. The van der Waals surface area contributed by atoms with Gasteiger partial charge in [0.15, 0.2) is 9.84 Å². The van der Waals surface area contributed by atoms with Crippen molar-refractivity contribution in [1.82, 2.24) is 15.5 Å². The molecule has 0 aliphatic carbocycles. The molecule has 0 bridgehead atoms. The number of amides is 1. The van der Waals surface area contributed by atoms with Gasteiger partial charge >= 0.3 is 0 Å². The van der Waals surface area contributed by atoms with Gasteiger partial charge in [-0.2, -0.15) is 5.10 Å². The van der Waals surface area contributed by atoms with Crippen LogP contribution >= 0.6 is 0 Å². The lowest BCUT2D eigenvalue weighted by molar-refractivity contribution is -0.121. The molecule has 1 amide bonds. The van der Waals surface area contributed by atoms with Crippen LogP contribution in [0.15, 0.2) is 6.07 Å². The second-order valence-electron chi connectivity index (χ2n) is 4.39. The van der Waals surface area contributed by atoms with Crippen LogP contribution in [0, 0.1) is 6.92 Å². The maximum Gasteiger partial charge on any atom is 0.226 e. The van der Waals surface area contributed by atoms with Crippen LogP contribution in [0.3, 0.4) is 0 Å². The fraction of sp³-hybridized carbons (Fsp3) is 0.600. The van der Waals surface area contributed by atoms with Gasteiger partial charge in [-0.1, -0.05) is 0 Å². The molecule has 0 spiro atoms. The molecule has 2 N–H and O–H groups in total. The van der Waals surface area contributed by atoms with Gasteiger partial charge in [0.2, 0.25) is 5.91 Å². The van der Waals surface area contributed by atoms with E-state index in [2.05, 4.69) is 15.5 Å². The molecule has 1 atom stereocenters. The van der Waals surface area contributed by atoms with Crippen LogP contribution in [0.2, 0.25) is 0 Å². The number of aromatic amines is 1. The lowest BCUT2D eigenvalue weighted by Gasteiger charge is -2.09. The molecule has 17 heavy (non-hydrogen) atoms. The molecule has 1 fully saturated rings. The maximum absolute atomic E-state index is 11.6. The Labute approximate surface area is 99.7 Å². The Morgan fingerprint density at radius 1 is 1.65 bits per heavy atom. The molecule has 94 valence electrons. The Hall–Kier alpha value is -1.37. The number of carbonyl (C=O) groups is 1. The van der Waals surface area contributed by atoms with Gasteiger partial charge in [-0.15, -0.1) is 0 Å². The minimum Gasteiger partial charge on any atom is -0.352 e. The van der Waals surface area contributed by atoms with E-state index in [9.17, 15) is 13.2 Å². The zero-order valence-electron chi connectivity index (χ0n) is 9.56. The van der Waals surface area contributed by atoms with Gasteiger partial charge in [0.25, 0.3) is 0 Å². The number of rotatable bonds is 3. The molecule has 6 nitrogen and oxygen atoms in total. The number of nitrogens with zero attached hydrogens (tertiary/aromatic N) is 1. The molecule has 7 heteroatoms. The van der Waals surface area contributed by atoms with Crippen LogP contribution in [-0.2, 0) is 21.1 Å². The normalized spacial score (nSPS) is 22.5. The van der Waals surface area contributed by atoms with Crippen molar-refractivity contribution in [3.8, 4) is 0 Å². The van der Waals surface area contributed by atoms with Crippen molar-refractivity contribution in [2.75, 3.05) is 11.5 Å². The average Bonchev–Trinajstić information content (AvgIpc) is 2.73. The van der Waals surface area contributed by atoms with E-state index in [1.165, 1.54) is 0 Å². The summed E-state index contributed by atoms with van der Waals surface area (Å²) in [5, 5.41) is 9.43. The zero-order valence-corrected chi connectivity index (χ0v) is 10.4. The fourth-order valence-electron chi connectivity index (χ4n) is 1.92. The van der Waals surface area contributed by atoms with Crippen LogP contribution in [0.5, 0.6) is 0 Å². The third kappa shape index (κ3) is 3.29. The van der Waals surface area contributed by atoms with Crippen molar-refractivity contribution in [1.29, 1.82) is 0 Å². The van der Waals surface area contributed by atoms with Crippen LogP contribution in [0.25, 0.3) is 0 Å². The Morgan fingerprint density at radius 3 is 2.94 bits per heavy atom. The van der Waals surface area contributed by atoms with E-state index in [-0.39, 0.29) is 29.9 Å². The molecule has 1 saturated heterocycles. The summed E-state index contributed by atoms with van der Waals surface area (Å²) in [6, 6.07) is 1.55. The van der Waals surface area contributed by atoms with E-state index in [1.807, 2.05) is 6.92 Å². The summed E-state index contributed by atoms with van der Waals surface area (Å²) >= 11 is 0. The van der Waals surface area contributed by atoms with Crippen LogP contribution in [0.4, 0.5) is 0 Å². The Morgan fingerprint density at radius 2 is 2.41 bits per heavy atom. The fourth-order valence-corrected chi connectivity index (χ4v) is 3.59. The highest BCUT2D eigenvalue weighted by Crippen LogP contribution is 2.11. The standard InChI is InChI=1S/C10H15N3O3S/c1-7-4-9(13-12-7)5-10(14)11-8-2-3-17(15,16)6-8/h4,8H,2-3,5-6H2,1H3,(H,11,14)(H,12,13). The van der Waals surface area contributed by atoms with E-state index >= 15 is 0 Å². The van der Waals surface area contributed by atoms with E-state index in [4.69, 9.17) is 0 Å². The molecular weight excluding hydrogens is 242 g/mol. The van der Waals surface area contributed by atoms with Gasteiger partial charge in [0.05, 0.1) is 23.6 Å². The number of aromatic nitrogens is 2. The third-order valence-corrected chi connectivity index (χ3v) is 4.47.